The van der Waals surface area contributed by atoms with Gasteiger partial charge in [-0.1, -0.05) is 321 Å². The maximum absolute atomic E-state index is 12.5. The number of aliphatic hydroxyl groups excluding tert-OH is 2. The van der Waals surface area contributed by atoms with Crippen molar-refractivity contribution in [1.29, 1.82) is 0 Å². The van der Waals surface area contributed by atoms with Crippen LogP contribution in [0.3, 0.4) is 0 Å². The van der Waals surface area contributed by atoms with Crippen LogP contribution in [0.1, 0.15) is 373 Å². The van der Waals surface area contributed by atoms with Gasteiger partial charge < -0.3 is 20.3 Å². The molecule has 0 aliphatic rings. The fraction of sp³-hybridized carbons (Fsp3) is 0.939. The summed E-state index contributed by atoms with van der Waals surface area (Å²) in [6.45, 7) is 4.98. The molecule has 1 amide bonds. The number of carbonyl (C=O) groups is 2. The van der Waals surface area contributed by atoms with E-state index in [1.807, 2.05) is 0 Å². The van der Waals surface area contributed by atoms with Crippen LogP contribution in [0, 0.1) is 0 Å². The van der Waals surface area contributed by atoms with Gasteiger partial charge in [-0.3, -0.25) is 9.59 Å². The minimum atomic E-state index is -0.661. The molecular formula is C66H129NO5. The maximum Gasteiger partial charge on any atom is 0.305 e. The predicted molar refractivity (Wildman–Crippen MR) is 315 cm³/mol. The van der Waals surface area contributed by atoms with E-state index in [2.05, 4.69) is 31.3 Å². The number of unbranched alkanes of at least 4 members (excludes halogenated alkanes) is 49. The second-order valence-corrected chi connectivity index (χ2v) is 22.8. The molecule has 0 spiro atoms. The summed E-state index contributed by atoms with van der Waals surface area (Å²) in [6, 6.07) is -0.538. The number of allylic oxidation sites excluding steroid dienone is 2. The molecule has 0 saturated carbocycles. The largest absolute Gasteiger partial charge is 0.466 e. The molecule has 2 unspecified atom stereocenters. The fourth-order valence-corrected chi connectivity index (χ4v) is 10.5. The quantitative estimate of drug-likeness (QED) is 0.0320. The molecule has 0 fully saturated rings. The summed E-state index contributed by atoms with van der Waals surface area (Å²) in [5, 5.41) is 23.2. The van der Waals surface area contributed by atoms with E-state index in [-0.39, 0.29) is 18.5 Å². The number of esters is 1. The monoisotopic (exact) mass is 1020 g/mol. The normalized spacial score (nSPS) is 12.6. The number of ether oxygens (including phenoxy) is 1. The lowest BCUT2D eigenvalue weighted by Gasteiger charge is -2.22. The van der Waals surface area contributed by atoms with Gasteiger partial charge in [-0.05, 0) is 51.4 Å². The molecule has 0 bridgehead atoms. The molecule has 0 aliphatic carbocycles. The zero-order valence-corrected chi connectivity index (χ0v) is 48.9. The van der Waals surface area contributed by atoms with Gasteiger partial charge in [0.2, 0.25) is 5.91 Å². The molecule has 0 aromatic rings. The van der Waals surface area contributed by atoms with Crippen LogP contribution in [0.2, 0.25) is 0 Å². The fourth-order valence-electron chi connectivity index (χ4n) is 10.5. The Morgan fingerprint density at radius 2 is 0.653 bits per heavy atom. The van der Waals surface area contributed by atoms with Crippen LogP contribution in [0.5, 0.6) is 0 Å². The second-order valence-electron chi connectivity index (χ2n) is 22.8. The van der Waals surface area contributed by atoms with Crippen LogP contribution < -0.4 is 5.32 Å². The lowest BCUT2D eigenvalue weighted by molar-refractivity contribution is -0.143. The van der Waals surface area contributed by atoms with Gasteiger partial charge in [-0.25, -0.2) is 0 Å². The van der Waals surface area contributed by atoms with E-state index in [1.165, 1.54) is 302 Å². The Morgan fingerprint density at radius 1 is 0.375 bits per heavy atom. The van der Waals surface area contributed by atoms with E-state index in [0.717, 1.165) is 38.5 Å². The molecule has 0 heterocycles. The summed E-state index contributed by atoms with van der Waals surface area (Å²) in [7, 11) is 0. The van der Waals surface area contributed by atoms with E-state index >= 15 is 0 Å². The number of aliphatic hydroxyl groups is 2. The van der Waals surface area contributed by atoms with Crippen molar-refractivity contribution in [3.8, 4) is 0 Å². The van der Waals surface area contributed by atoms with Gasteiger partial charge in [0.1, 0.15) is 0 Å². The number of hydrogen-bond donors (Lipinski definition) is 3. The molecule has 0 saturated heterocycles. The van der Waals surface area contributed by atoms with Gasteiger partial charge >= 0.3 is 5.97 Å². The standard InChI is InChI=1S/C66H129NO5/c1-3-5-7-9-11-13-15-35-40-44-48-52-56-60-66(71)72-61-57-53-49-45-41-37-34-32-30-28-26-24-22-20-18-17-19-21-23-25-27-29-31-33-36-39-43-47-51-55-59-65(70)67-63(62-68)64(69)58-54-50-46-42-38-16-14-12-10-8-6-4-2/h18,20,63-64,68-69H,3-17,19,21-62H2,1-2H3,(H,67,70)/b20-18-. The lowest BCUT2D eigenvalue weighted by atomic mass is 10.0. The number of nitrogens with one attached hydrogen (secondary N) is 1. The first-order chi connectivity index (χ1) is 35.5. The third-order valence-corrected chi connectivity index (χ3v) is 15.6. The Balaban J connectivity index is 3.34. The number of amides is 1. The van der Waals surface area contributed by atoms with Crippen molar-refractivity contribution in [3.05, 3.63) is 12.2 Å². The highest BCUT2D eigenvalue weighted by Crippen LogP contribution is 2.18. The maximum atomic E-state index is 12.5. The van der Waals surface area contributed by atoms with Gasteiger partial charge in [0.25, 0.3) is 0 Å². The van der Waals surface area contributed by atoms with Crippen LogP contribution in [0.4, 0.5) is 0 Å². The van der Waals surface area contributed by atoms with Crippen LogP contribution in [-0.2, 0) is 14.3 Å². The molecule has 2 atom stereocenters. The van der Waals surface area contributed by atoms with Crippen molar-refractivity contribution in [2.45, 2.75) is 386 Å². The lowest BCUT2D eigenvalue weighted by Crippen LogP contribution is -2.45. The zero-order valence-electron chi connectivity index (χ0n) is 48.9. The average Bonchev–Trinajstić information content (AvgIpc) is 3.38. The summed E-state index contributed by atoms with van der Waals surface area (Å²) >= 11 is 0. The first-order valence-corrected chi connectivity index (χ1v) is 32.9. The van der Waals surface area contributed by atoms with Crippen molar-refractivity contribution in [3.63, 3.8) is 0 Å². The van der Waals surface area contributed by atoms with Crippen molar-refractivity contribution in [2.75, 3.05) is 13.2 Å². The Kier molecular flexibility index (Phi) is 60.9. The number of hydrogen-bond acceptors (Lipinski definition) is 5. The molecule has 0 aliphatic heterocycles. The summed E-state index contributed by atoms with van der Waals surface area (Å²) < 4.78 is 5.48. The molecule has 428 valence electrons. The van der Waals surface area contributed by atoms with E-state index in [4.69, 9.17) is 4.74 Å². The number of rotatable bonds is 62. The van der Waals surface area contributed by atoms with Gasteiger partial charge in [0.15, 0.2) is 0 Å². The third kappa shape index (κ3) is 57.9. The molecule has 3 N–H and O–H groups in total. The minimum absolute atomic E-state index is 0.0193. The molecular weight excluding hydrogens is 887 g/mol. The Labute approximate surface area is 450 Å². The zero-order chi connectivity index (χ0) is 52.2. The van der Waals surface area contributed by atoms with Crippen molar-refractivity contribution in [2.24, 2.45) is 0 Å². The van der Waals surface area contributed by atoms with Gasteiger partial charge in [-0.15, -0.1) is 0 Å². The van der Waals surface area contributed by atoms with Crippen LogP contribution in [0.25, 0.3) is 0 Å². The molecule has 72 heavy (non-hydrogen) atoms. The summed E-state index contributed by atoms with van der Waals surface area (Å²) in [4.78, 5) is 24.5. The van der Waals surface area contributed by atoms with Crippen molar-refractivity contribution in [1.82, 2.24) is 5.32 Å². The Bertz CT molecular complexity index is 1080. The second kappa shape index (κ2) is 62.1. The summed E-state index contributed by atoms with van der Waals surface area (Å²) in [5.74, 6) is -0.0127. The van der Waals surface area contributed by atoms with E-state index in [1.54, 1.807) is 0 Å². The third-order valence-electron chi connectivity index (χ3n) is 15.6. The van der Waals surface area contributed by atoms with E-state index in [0.29, 0.717) is 25.9 Å². The average molecular weight is 1020 g/mol. The summed E-state index contributed by atoms with van der Waals surface area (Å²) in [6.07, 6.45) is 75.3. The minimum Gasteiger partial charge on any atom is -0.466 e. The topological polar surface area (TPSA) is 95.9 Å². The van der Waals surface area contributed by atoms with Crippen molar-refractivity contribution < 1.29 is 24.5 Å². The van der Waals surface area contributed by atoms with Crippen LogP contribution >= 0.6 is 0 Å². The van der Waals surface area contributed by atoms with Crippen LogP contribution in [-0.4, -0.2) is 47.4 Å². The first-order valence-electron chi connectivity index (χ1n) is 32.9. The first kappa shape index (κ1) is 70.6. The SMILES string of the molecule is CCCCCCCCCCCCCCCC(=O)OCCCCCCCCCCCCCC/C=C\CCCCCCCCCCCCCCCCC(=O)NC(CO)C(O)CCCCCCCCCCCCCC. The molecule has 6 nitrogen and oxygen atoms in total. The highest BCUT2D eigenvalue weighted by Gasteiger charge is 2.20. The molecule has 0 radical (unpaired) electrons. The van der Waals surface area contributed by atoms with Gasteiger partial charge in [0, 0.05) is 12.8 Å². The van der Waals surface area contributed by atoms with E-state index < -0.39 is 12.1 Å². The van der Waals surface area contributed by atoms with E-state index in [9.17, 15) is 19.8 Å². The van der Waals surface area contributed by atoms with Gasteiger partial charge in [-0.2, -0.15) is 0 Å². The predicted octanol–water partition coefficient (Wildman–Crippen LogP) is 20.8. The Morgan fingerprint density at radius 3 is 0.986 bits per heavy atom. The smallest absolute Gasteiger partial charge is 0.305 e. The summed E-state index contributed by atoms with van der Waals surface area (Å²) in [5.41, 5.74) is 0. The Hall–Kier alpha value is -1.40. The number of carbonyl (C=O) groups excluding carboxylic acids is 2. The highest BCUT2D eigenvalue weighted by molar-refractivity contribution is 5.76. The van der Waals surface area contributed by atoms with Gasteiger partial charge in [0.05, 0.1) is 25.4 Å². The van der Waals surface area contributed by atoms with Crippen molar-refractivity contribution >= 4 is 11.9 Å². The van der Waals surface area contributed by atoms with Crippen LogP contribution in [0.15, 0.2) is 12.2 Å². The molecule has 0 rings (SSSR count). The molecule has 6 heteroatoms. The molecule has 0 aromatic carbocycles. The molecule has 0 aromatic heterocycles. The highest BCUT2D eigenvalue weighted by atomic mass is 16.5.